The average molecular weight is 421 g/mol. The zero-order chi connectivity index (χ0) is 20.3. The van der Waals surface area contributed by atoms with Crippen LogP contribution in [-0.2, 0) is 32.4 Å². The summed E-state index contributed by atoms with van der Waals surface area (Å²) in [5.74, 6) is -0.0265. The van der Waals surface area contributed by atoms with Crippen LogP contribution in [0, 0.1) is 0 Å². The molecular weight excluding hydrogens is 388 g/mol. The molecule has 4 rings (SSSR count). The van der Waals surface area contributed by atoms with Crippen molar-refractivity contribution in [1.82, 2.24) is 9.21 Å². The Morgan fingerprint density at radius 2 is 1.62 bits per heavy atom. The molecule has 1 amide bonds. The lowest BCUT2D eigenvalue weighted by molar-refractivity contribution is -0.140. The predicted molar refractivity (Wildman–Crippen MR) is 111 cm³/mol. The van der Waals surface area contributed by atoms with Gasteiger partial charge in [-0.2, -0.15) is 4.31 Å². The summed E-state index contributed by atoms with van der Waals surface area (Å²) in [6.45, 7) is 1.65. The van der Waals surface area contributed by atoms with Crippen molar-refractivity contribution in [3.63, 3.8) is 0 Å². The molecule has 0 N–H and O–H groups in total. The van der Waals surface area contributed by atoms with Crippen molar-refractivity contribution in [3.8, 4) is 0 Å². The molecule has 1 saturated carbocycles. The Bertz CT molecular complexity index is 825. The van der Waals surface area contributed by atoms with Crippen molar-refractivity contribution in [2.24, 2.45) is 0 Å². The smallest absolute Gasteiger partial charge is 0.248 e. The van der Waals surface area contributed by atoms with Crippen LogP contribution >= 0.6 is 0 Å². The van der Waals surface area contributed by atoms with Crippen molar-refractivity contribution in [1.29, 1.82) is 0 Å². The number of rotatable bonds is 5. The van der Waals surface area contributed by atoms with Gasteiger partial charge in [0.2, 0.25) is 15.9 Å². The van der Waals surface area contributed by atoms with Gasteiger partial charge in [0, 0.05) is 26.2 Å². The van der Waals surface area contributed by atoms with Crippen LogP contribution in [0.1, 0.15) is 56.1 Å². The average Bonchev–Trinajstić information content (AvgIpc) is 2.78. The minimum absolute atomic E-state index is 0.0265. The highest BCUT2D eigenvalue weighted by Crippen LogP contribution is 2.26. The minimum Gasteiger partial charge on any atom is -0.368 e. The molecule has 1 aliphatic heterocycles. The first-order valence-corrected chi connectivity index (χ1v) is 12.5. The fraction of sp³-hybridized carbons (Fsp3) is 0.682. The molecule has 1 heterocycles. The monoisotopic (exact) mass is 420 g/mol. The third kappa shape index (κ3) is 4.84. The molecule has 160 valence electrons. The van der Waals surface area contributed by atoms with Gasteiger partial charge in [-0.3, -0.25) is 4.79 Å². The molecular formula is C22H32N2O4S. The van der Waals surface area contributed by atoms with Gasteiger partial charge in [0.15, 0.2) is 0 Å². The van der Waals surface area contributed by atoms with Gasteiger partial charge in [0.1, 0.15) is 6.61 Å². The summed E-state index contributed by atoms with van der Waals surface area (Å²) in [5.41, 5.74) is 2.45. The van der Waals surface area contributed by atoms with E-state index in [1.54, 1.807) is 11.0 Å². The quantitative estimate of drug-likeness (QED) is 0.735. The lowest BCUT2D eigenvalue weighted by Crippen LogP contribution is -2.51. The molecule has 7 heteroatoms. The molecule has 29 heavy (non-hydrogen) atoms. The van der Waals surface area contributed by atoms with E-state index in [0.29, 0.717) is 31.1 Å². The summed E-state index contributed by atoms with van der Waals surface area (Å²) < 4.78 is 33.5. The maximum Gasteiger partial charge on any atom is 0.248 e. The molecule has 1 saturated heterocycles. The normalized spacial score (nSPS) is 21.7. The summed E-state index contributed by atoms with van der Waals surface area (Å²) in [4.78, 5) is 14.6. The molecule has 0 aromatic heterocycles. The number of piperazine rings is 1. The van der Waals surface area contributed by atoms with Crippen molar-refractivity contribution in [2.75, 3.05) is 32.8 Å². The second kappa shape index (κ2) is 9.14. The van der Waals surface area contributed by atoms with Crippen LogP contribution in [0.4, 0.5) is 0 Å². The van der Waals surface area contributed by atoms with Gasteiger partial charge in [0.25, 0.3) is 0 Å². The SMILES string of the molecule is O=C(COC1CCCCC1)N1CCN(S(=O)(=O)c2ccc3c(c2)CCCC3)CC1. The van der Waals surface area contributed by atoms with Crippen molar-refractivity contribution in [2.45, 2.75) is 68.8 Å². The maximum atomic E-state index is 13.1. The van der Waals surface area contributed by atoms with E-state index in [4.69, 9.17) is 4.74 Å². The van der Waals surface area contributed by atoms with E-state index in [1.807, 2.05) is 12.1 Å². The molecule has 0 bridgehead atoms. The lowest BCUT2D eigenvalue weighted by atomic mass is 9.92. The first-order chi connectivity index (χ1) is 14.0. The molecule has 2 aliphatic carbocycles. The van der Waals surface area contributed by atoms with Gasteiger partial charge in [-0.05, 0) is 61.8 Å². The Morgan fingerprint density at radius 1 is 0.931 bits per heavy atom. The van der Waals surface area contributed by atoms with Gasteiger partial charge in [0.05, 0.1) is 11.0 Å². The van der Waals surface area contributed by atoms with E-state index in [9.17, 15) is 13.2 Å². The van der Waals surface area contributed by atoms with Gasteiger partial charge in [-0.25, -0.2) is 8.42 Å². The van der Waals surface area contributed by atoms with E-state index in [2.05, 4.69) is 0 Å². The largest absolute Gasteiger partial charge is 0.368 e. The van der Waals surface area contributed by atoms with Gasteiger partial charge < -0.3 is 9.64 Å². The van der Waals surface area contributed by atoms with E-state index < -0.39 is 10.0 Å². The summed E-state index contributed by atoms with van der Waals surface area (Å²) in [5, 5.41) is 0. The molecule has 1 aromatic carbocycles. The topological polar surface area (TPSA) is 66.9 Å². The number of amides is 1. The number of aryl methyl sites for hydroxylation is 2. The number of carbonyl (C=O) groups excluding carboxylic acids is 1. The third-order valence-corrected chi connectivity index (χ3v) is 8.44. The number of fused-ring (bicyclic) bond motifs is 1. The van der Waals surface area contributed by atoms with Crippen LogP contribution in [0.2, 0.25) is 0 Å². The van der Waals surface area contributed by atoms with Crippen molar-refractivity contribution < 1.29 is 17.9 Å². The molecule has 0 unspecified atom stereocenters. The zero-order valence-corrected chi connectivity index (χ0v) is 18.0. The Hall–Kier alpha value is -1.44. The van der Waals surface area contributed by atoms with Crippen LogP contribution in [0.25, 0.3) is 0 Å². The Balaban J connectivity index is 1.32. The van der Waals surface area contributed by atoms with E-state index in [1.165, 1.54) is 41.1 Å². The number of nitrogens with zero attached hydrogens (tertiary/aromatic N) is 2. The summed E-state index contributed by atoms with van der Waals surface area (Å²) in [6.07, 6.45) is 10.2. The highest BCUT2D eigenvalue weighted by atomic mass is 32.2. The molecule has 1 aromatic rings. The van der Waals surface area contributed by atoms with Crippen LogP contribution < -0.4 is 0 Å². The van der Waals surface area contributed by atoms with Gasteiger partial charge in [-0.1, -0.05) is 25.3 Å². The number of benzene rings is 1. The van der Waals surface area contributed by atoms with E-state index >= 15 is 0 Å². The highest BCUT2D eigenvalue weighted by Gasteiger charge is 2.31. The third-order valence-electron chi connectivity index (χ3n) is 6.54. The number of sulfonamides is 1. The first kappa shape index (κ1) is 20.8. The summed E-state index contributed by atoms with van der Waals surface area (Å²) in [6, 6.07) is 5.58. The first-order valence-electron chi connectivity index (χ1n) is 11.1. The molecule has 0 radical (unpaired) electrons. The second-order valence-corrected chi connectivity index (χ2v) is 10.4. The van der Waals surface area contributed by atoms with E-state index in [-0.39, 0.29) is 18.6 Å². The lowest BCUT2D eigenvalue weighted by Gasteiger charge is -2.34. The van der Waals surface area contributed by atoms with E-state index in [0.717, 1.165) is 32.1 Å². The molecule has 3 aliphatic rings. The number of carbonyl (C=O) groups is 1. The van der Waals surface area contributed by atoms with Crippen LogP contribution in [0.5, 0.6) is 0 Å². The standard InChI is InChI=1S/C22H32N2O4S/c25-22(17-28-20-8-2-1-3-9-20)23-12-14-24(15-13-23)29(26,27)21-11-10-18-6-4-5-7-19(18)16-21/h10-11,16,20H,1-9,12-15,17H2. The molecule has 0 atom stereocenters. The Labute approximate surface area is 174 Å². The fourth-order valence-electron chi connectivity index (χ4n) is 4.71. The number of ether oxygens (including phenoxy) is 1. The zero-order valence-electron chi connectivity index (χ0n) is 17.1. The Morgan fingerprint density at radius 3 is 2.34 bits per heavy atom. The minimum atomic E-state index is -3.51. The maximum absolute atomic E-state index is 13.1. The highest BCUT2D eigenvalue weighted by molar-refractivity contribution is 7.89. The summed E-state index contributed by atoms with van der Waals surface area (Å²) >= 11 is 0. The number of hydrogen-bond acceptors (Lipinski definition) is 4. The number of hydrogen-bond donors (Lipinski definition) is 0. The van der Waals surface area contributed by atoms with Crippen LogP contribution in [0.3, 0.4) is 0 Å². The fourth-order valence-corrected chi connectivity index (χ4v) is 6.18. The van der Waals surface area contributed by atoms with Gasteiger partial charge in [-0.15, -0.1) is 0 Å². The molecule has 2 fully saturated rings. The van der Waals surface area contributed by atoms with Crippen LogP contribution in [-0.4, -0.2) is 62.4 Å². The molecule has 0 spiro atoms. The Kier molecular flexibility index (Phi) is 6.56. The van der Waals surface area contributed by atoms with Gasteiger partial charge >= 0.3 is 0 Å². The second-order valence-electron chi connectivity index (χ2n) is 8.49. The van der Waals surface area contributed by atoms with Crippen molar-refractivity contribution >= 4 is 15.9 Å². The predicted octanol–water partition coefficient (Wildman–Crippen LogP) is 2.75. The molecule has 6 nitrogen and oxygen atoms in total. The van der Waals surface area contributed by atoms with Crippen LogP contribution in [0.15, 0.2) is 23.1 Å². The van der Waals surface area contributed by atoms with Crippen molar-refractivity contribution in [3.05, 3.63) is 29.3 Å². The summed E-state index contributed by atoms with van der Waals surface area (Å²) in [7, 11) is -3.51.